The molecule has 4 nitrogen and oxygen atoms in total. The fourth-order valence-electron chi connectivity index (χ4n) is 4.06. The van der Waals surface area contributed by atoms with Crippen LogP contribution in [0.1, 0.15) is 174 Å². The van der Waals surface area contributed by atoms with Crippen LogP contribution in [-0.2, 0) is 9.59 Å². The van der Waals surface area contributed by atoms with Gasteiger partial charge in [0, 0.05) is 12.8 Å². The predicted molar refractivity (Wildman–Crippen MR) is 142 cm³/mol. The fourth-order valence-corrected chi connectivity index (χ4v) is 4.06. The van der Waals surface area contributed by atoms with Crippen molar-refractivity contribution in [1.82, 2.24) is 0 Å². The van der Waals surface area contributed by atoms with Gasteiger partial charge in [-0.3, -0.25) is 9.59 Å². The summed E-state index contributed by atoms with van der Waals surface area (Å²) in [6, 6.07) is 0. The minimum absolute atomic E-state index is 0.343. The zero-order valence-electron chi connectivity index (χ0n) is 22.4. The van der Waals surface area contributed by atoms with Gasteiger partial charge in [0.15, 0.2) is 0 Å². The maximum absolute atomic E-state index is 10.3. The van der Waals surface area contributed by atoms with Crippen LogP contribution in [0.25, 0.3) is 0 Å². The first-order valence-corrected chi connectivity index (χ1v) is 14.5. The summed E-state index contributed by atoms with van der Waals surface area (Å²) in [5.74, 6) is -1.31. The third kappa shape index (κ3) is 38.5. The van der Waals surface area contributed by atoms with Gasteiger partial charge in [0.05, 0.1) is 0 Å². The largest absolute Gasteiger partial charge is 0.481 e. The molecule has 0 amide bonds. The highest BCUT2D eigenvalue weighted by molar-refractivity contribution is 5.66. The monoisotopic (exact) mass is 470 g/mol. The Morgan fingerprint density at radius 3 is 0.727 bits per heavy atom. The minimum Gasteiger partial charge on any atom is -0.481 e. The normalized spacial score (nSPS) is 10.6. The van der Waals surface area contributed by atoms with Gasteiger partial charge in [0.1, 0.15) is 0 Å². The second kappa shape index (κ2) is 30.9. The van der Waals surface area contributed by atoms with E-state index in [9.17, 15) is 9.59 Å². The topological polar surface area (TPSA) is 74.6 Å². The van der Waals surface area contributed by atoms with E-state index >= 15 is 0 Å². The lowest BCUT2D eigenvalue weighted by molar-refractivity contribution is -0.138. The smallest absolute Gasteiger partial charge is 0.303 e. The molecular weight excluding hydrogens is 412 g/mol. The Bertz CT molecular complexity index is 395. The standard InChI is InChI=1S/C17H34O2.C12H24O2/c1-2-3-4-5-6-7-8-9-10-11-12-13-14-15-16-17(18)19;1-2-3-4-5-6-7-8-9-10-11-12(13)14/h2-16H2,1H3,(H,18,19);2-11H2,1H3,(H,13,14). The molecule has 2 N–H and O–H groups in total. The number of unbranched alkanes of at least 4 members (excludes halogenated alkanes) is 21. The summed E-state index contributed by atoms with van der Waals surface area (Å²) >= 11 is 0. The second-order valence-corrected chi connectivity index (χ2v) is 9.71. The highest BCUT2D eigenvalue weighted by atomic mass is 16.4. The van der Waals surface area contributed by atoms with E-state index in [2.05, 4.69) is 13.8 Å². The molecule has 0 aliphatic carbocycles. The van der Waals surface area contributed by atoms with Gasteiger partial charge < -0.3 is 10.2 Å². The average molecular weight is 471 g/mol. The molecule has 0 radical (unpaired) electrons. The van der Waals surface area contributed by atoms with Crippen LogP contribution in [0.5, 0.6) is 0 Å². The molecule has 0 heterocycles. The summed E-state index contributed by atoms with van der Waals surface area (Å²) in [4.78, 5) is 20.5. The molecule has 0 bridgehead atoms. The van der Waals surface area contributed by atoms with Crippen LogP contribution in [-0.4, -0.2) is 22.2 Å². The predicted octanol–water partition coefficient (Wildman–Crippen LogP) is 9.93. The van der Waals surface area contributed by atoms with Crippen molar-refractivity contribution in [2.24, 2.45) is 0 Å². The van der Waals surface area contributed by atoms with Crippen LogP contribution >= 0.6 is 0 Å². The zero-order valence-corrected chi connectivity index (χ0v) is 22.4. The minimum atomic E-state index is -0.659. The van der Waals surface area contributed by atoms with Crippen LogP contribution in [0.15, 0.2) is 0 Å². The molecule has 0 unspecified atom stereocenters. The van der Waals surface area contributed by atoms with Gasteiger partial charge in [-0.25, -0.2) is 0 Å². The van der Waals surface area contributed by atoms with E-state index in [-0.39, 0.29) is 0 Å². The van der Waals surface area contributed by atoms with Crippen molar-refractivity contribution in [2.75, 3.05) is 0 Å². The van der Waals surface area contributed by atoms with E-state index in [1.165, 1.54) is 122 Å². The summed E-state index contributed by atoms with van der Waals surface area (Å²) in [6.45, 7) is 4.49. The number of hydrogen-bond acceptors (Lipinski definition) is 2. The maximum atomic E-state index is 10.3. The Balaban J connectivity index is 0. The van der Waals surface area contributed by atoms with E-state index in [0.29, 0.717) is 12.8 Å². The SMILES string of the molecule is CCCCCCCCCCCC(=O)O.CCCCCCCCCCCCCCCCC(=O)O. The Morgan fingerprint density at radius 1 is 0.364 bits per heavy atom. The summed E-state index contributed by atoms with van der Waals surface area (Å²) in [7, 11) is 0. The van der Waals surface area contributed by atoms with Gasteiger partial charge in [-0.05, 0) is 12.8 Å². The van der Waals surface area contributed by atoms with Gasteiger partial charge in [0.25, 0.3) is 0 Å². The van der Waals surface area contributed by atoms with Crippen molar-refractivity contribution >= 4 is 11.9 Å². The number of hydrogen-bond donors (Lipinski definition) is 2. The highest BCUT2D eigenvalue weighted by Crippen LogP contribution is 2.13. The molecule has 0 aliphatic rings. The van der Waals surface area contributed by atoms with E-state index in [4.69, 9.17) is 10.2 Å². The van der Waals surface area contributed by atoms with Gasteiger partial charge in [-0.15, -0.1) is 0 Å². The number of carboxylic acids is 2. The van der Waals surface area contributed by atoms with Crippen LogP contribution < -0.4 is 0 Å². The number of aliphatic carboxylic acids is 2. The summed E-state index contributed by atoms with van der Waals surface area (Å²) in [5.41, 5.74) is 0. The lowest BCUT2D eigenvalue weighted by Gasteiger charge is -2.02. The molecule has 0 aliphatic heterocycles. The first-order valence-electron chi connectivity index (χ1n) is 14.5. The Hall–Kier alpha value is -1.06. The molecule has 0 saturated heterocycles. The Kier molecular flexibility index (Phi) is 32.0. The van der Waals surface area contributed by atoms with E-state index in [1.807, 2.05) is 0 Å². The Morgan fingerprint density at radius 2 is 0.545 bits per heavy atom. The van der Waals surface area contributed by atoms with Crippen molar-refractivity contribution in [2.45, 2.75) is 174 Å². The highest BCUT2D eigenvalue weighted by Gasteiger charge is 1.97. The quantitative estimate of drug-likeness (QED) is 0.130. The van der Waals surface area contributed by atoms with E-state index < -0.39 is 11.9 Å². The molecule has 0 saturated carbocycles. The fraction of sp³-hybridized carbons (Fsp3) is 0.931. The molecule has 0 atom stereocenters. The van der Waals surface area contributed by atoms with Gasteiger partial charge >= 0.3 is 11.9 Å². The van der Waals surface area contributed by atoms with Gasteiger partial charge in [-0.2, -0.15) is 0 Å². The second-order valence-electron chi connectivity index (χ2n) is 9.71. The lowest BCUT2D eigenvalue weighted by Crippen LogP contribution is -1.93. The molecule has 0 fully saturated rings. The summed E-state index contributed by atoms with van der Waals surface area (Å²) in [6.07, 6.45) is 30.2. The van der Waals surface area contributed by atoms with Crippen molar-refractivity contribution in [3.63, 3.8) is 0 Å². The van der Waals surface area contributed by atoms with Crippen molar-refractivity contribution in [3.05, 3.63) is 0 Å². The molecule has 0 spiro atoms. The molecule has 4 heteroatoms. The van der Waals surface area contributed by atoms with Crippen LogP contribution in [0.4, 0.5) is 0 Å². The third-order valence-corrected chi connectivity index (χ3v) is 6.24. The summed E-state index contributed by atoms with van der Waals surface area (Å²) in [5, 5.41) is 16.9. The third-order valence-electron chi connectivity index (χ3n) is 6.24. The van der Waals surface area contributed by atoms with Gasteiger partial charge in [0.2, 0.25) is 0 Å². The number of carbonyl (C=O) groups is 2. The first-order chi connectivity index (χ1) is 16.0. The van der Waals surface area contributed by atoms with Crippen LogP contribution in [0, 0.1) is 0 Å². The van der Waals surface area contributed by atoms with Gasteiger partial charge in [-0.1, -0.05) is 149 Å². The number of rotatable bonds is 25. The molecule has 0 rings (SSSR count). The van der Waals surface area contributed by atoms with Crippen LogP contribution in [0.3, 0.4) is 0 Å². The Labute approximate surface area is 206 Å². The first kappa shape index (κ1) is 34.1. The number of carboxylic acid groups (broad SMARTS) is 2. The van der Waals surface area contributed by atoms with E-state index in [0.717, 1.165) is 25.7 Å². The molecule has 0 aromatic carbocycles. The van der Waals surface area contributed by atoms with Crippen molar-refractivity contribution in [3.8, 4) is 0 Å². The lowest BCUT2D eigenvalue weighted by atomic mass is 10.0. The molecule has 198 valence electrons. The van der Waals surface area contributed by atoms with Crippen molar-refractivity contribution in [1.29, 1.82) is 0 Å². The molecular formula is C29H58O4. The molecule has 0 aromatic heterocycles. The van der Waals surface area contributed by atoms with Crippen LogP contribution in [0.2, 0.25) is 0 Å². The molecule has 33 heavy (non-hydrogen) atoms. The summed E-state index contributed by atoms with van der Waals surface area (Å²) < 4.78 is 0. The average Bonchev–Trinajstić information content (AvgIpc) is 2.78. The molecule has 0 aromatic rings. The maximum Gasteiger partial charge on any atom is 0.303 e. The van der Waals surface area contributed by atoms with Crippen molar-refractivity contribution < 1.29 is 19.8 Å². The zero-order chi connectivity index (χ0) is 24.8. The van der Waals surface area contributed by atoms with E-state index in [1.54, 1.807) is 0 Å².